The predicted molar refractivity (Wildman–Crippen MR) is 146 cm³/mol. The monoisotopic (exact) mass is 587 g/mol. The SMILES string of the molecule is CN(Cc1cnc(N2CCC(n3c(=O)c(=O)n(C)c4cc(Cl)cnc43)CC2)nc1)C(=O)c1ccc(C(F)(F)F)cc1. The highest BCUT2D eigenvalue weighted by Gasteiger charge is 2.30. The first kappa shape index (κ1) is 28.3. The van der Waals surface area contributed by atoms with Gasteiger partial charge in [0.15, 0.2) is 5.65 Å². The number of benzene rings is 1. The van der Waals surface area contributed by atoms with Gasteiger partial charge in [-0.2, -0.15) is 13.2 Å². The Bertz CT molecular complexity index is 1710. The number of rotatable bonds is 5. The molecule has 1 aromatic carbocycles. The number of alkyl halides is 3. The molecule has 0 spiro atoms. The Balaban J connectivity index is 1.24. The van der Waals surface area contributed by atoms with Crippen molar-refractivity contribution in [1.29, 1.82) is 0 Å². The van der Waals surface area contributed by atoms with Crippen molar-refractivity contribution in [2.75, 3.05) is 25.0 Å². The number of aromatic nitrogens is 5. The number of amides is 1. The van der Waals surface area contributed by atoms with Gasteiger partial charge in [0, 0.05) is 69.5 Å². The van der Waals surface area contributed by atoms with E-state index < -0.39 is 28.8 Å². The summed E-state index contributed by atoms with van der Waals surface area (Å²) in [6.07, 6.45) is 1.28. The van der Waals surface area contributed by atoms with E-state index in [9.17, 15) is 27.6 Å². The van der Waals surface area contributed by atoms with Gasteiger partial charge in [-0.05, 0) is 43.2 Å². The molecule has 0 unspecified atom stereocenters. The number of nitrogens with zero attached hydrogens (tertiary/aromatic N) is 7. The van der Waals surface area contributed by atoms with Crippen LogP contribution in [0.25, 0.3) is 11.2 Å². The van der Waals surface area contributed by atoms with E-state index in [0.717, 1.165) is 24.3 Å². The minimum atomic E-state index is -4.47. The summed E-state index contributed by atoms with van der Waals surface area (Å²) in [7, 11) is 3.06. The topological polar surface area (TPSA) is 106 Å². The van der Waals surface area contributed by atoms with E-state index in [1.54, 1.807) is 25.5 Å². The molecule has 3 aromatic heterocycles. The summed E-state index contributed by atoms with van der Waals surface area (Å²) in [5, 5.41) is 0.364. The van der Waals surface area contributed by atoms with Crippen molar-refractivity contribution in [2.24, 2.45) is 7.05 Å². The number of hydrogen-bond acceptors (Lipinski definition) is 7. The van der Waals surface area contributed by atoms with E-state index in [4.69, 9.17) is 11.6 Å². The number of anilines is 1. The third kappa shape index (κ3) is 5.67. The lowest BCUT2D eigenvalue weighted by molar-refractivity contribution is -0.137. The molecule has 4 aromatic rings. The molecule has 1 amide bonds. The number of carbonyl (C=O) groups is 1. The van der Waals surface area contributed by atoms with Crippen molar-refractivity contribution < 1.29 is 18.0 Å². The highest BCUT2D eigenvalue weighted by Crippen LogP contribution is 2.29. The van der Waals surface area contributed by atoms with E-state index in [1.807, 2.05) is 4.90 Å². The first-order valence-electron chi connectivity index (χ1n) is 12.7. The van der Waals surface area contributed by atoms with E-state index >= 15 is 0 Å². The molecular weight excluding hydrogens is 563 g/mol. The Morgan fingerprint density at radius 3 is 2.27 bits per heavy atom. The fraction of sp³-hybridized carbons (Fsp3) is 0.333. The normalized spacial score (nSPS) is 14.4. The summed E-state index contributed by atoms with van der Waals surface area (Å²) in [5.74, 6) is 0.0511. The van der Waals surface area contributed by atoms with Gasteiger partial charge in [0.1, 0.15) is 0 Å². The third-order valence-electron chi connectivity index (χ3n) is 7.14. The van der Waals surface area contributed by atoms with Gasteiger partial charge in [-0.15, -0.1) is 0 Å². The molecule has 0 saturated carbocycles. The van der Waals surface area contributed by atoms with Gasteiger partial charge < -0.3 is 14.4 Å². The number of hydrogen-bond donors (Lipinski definition) is 0. The van der Waals surface area contributed by atoms with Crippen LogP contribution in [0.2, 0.25) is 5.02 Å². The zero-order valence-corrected chi connectivity index (χ0v) is 22.9. The lowest BCUT2D eigenvalue weighted by Gasteiger charge is -2.33. The molecular formula is C27H25ClF3N7O3. The van der Waals surface area contributed by atoms with Crippen LogP contribution >= 0.6 is 11.6 Å². The van der Waals surface area contributed by atoms with Crippen molar-refractivity contribution >= 4 is 34.6 Å². The van der Waals surface area contributed by atoms with Crippen LogP contribution in [0.15, 0.2) is 58.5 Å². The van der Waals surface area contributed by atoms with Crippen LogP contribution in [0.4, 0.5) is 19.1 Å². The average molecular weight is 588 g/mol. The molecule has 0 atom stereocenters. The summed E-state index contributed by atoms with van der Waals surface area (Å²) < 4.78 is 41.1. The maximum absolute atomic E-state index is 12.9. The molecule has 0 N–H and O–H groups in total. The van der Waals surface area contributed by atoms with Crippen LogP contribution in [0.1, 0.15) is 40.4 Å². The lowest BCUT2D eigenvalue weighted by atomic mass is 10.0. The van der Waals surface area contributed by atoms with Gasteiger partial charge in [0.2, 0.25) is 5.95 Å². The summed E-state index contributed by atoms with van der Waals surface area (Å²) in [5.41, 5.74) is -0.439. The van der Waals surface area contributed by atoms with Crippen LogP contribution in [0.3, 0.4) is 0 Å². The van der Waals surface area contributed by atoms with E-state index in [1.165, 1.54) is 27.3 Å². The highest BCUT2D eigenvalue weighted by molar-refractivity contribution is 6.31. The van der Waals surface area contributed by atoms with E-state index in [2.05, 4.69) is 15.0 Å². The molecule has 214 valence electrons. The standard InChI is InChI=1S/C27H25ClF3N7O3/c1-35(23(39)17-3-5-18(6-4-17)27(29,30)31)15-16-12-33-26(34-13-16)37-9-7-20(8-10-37)38-22-21(11-19(28)14-32-22)36(2)24(40)25(38)41/h3-6,11-14,20H,7-10,15H2,1-2H3. The number of aryl methyl sites for hydroxylation is 1. The minimum absolute atomic E-state index is 0.141. The zero-order chi connectivity index (χ0) is 29.5. The molecule has 5 rings (SSSR count). The van der Waals surface area contributed by atoms with Gasteiger partial charge in [-0.1, -0.05) is 11.6 Å². The summed E-state index contributed by atoms with van der Waals surface area (Å²) in [6, 6.07) is 5.43. The predicted octanol–water partition coefficient (Wildman–Crippen LogP) is 3.67. The van der Waals surface area contributed by atoms with Gasteiger partial charge in [0.05, 0.1) is 16.1 Å². The Kier molecular flexibility index (Phi) is 7.56. The molecule has 1 aliphatic rings. The molecule has 0 aliphatic carbocycles. The maximum atomic E-state index is 12.9. The van der Waals surface area contributed by atoms with Gasteiger partial charge in [-0.25, -0.2) is 15.0 Å². The highest BCUT2D eigenvalue weighted by atomic mass is 35.5. The molecule has 1 saturated heterocycles. The fourth-order valence-electron chi connectivity index (χ4n) is 4.93. The molecule has 10 nitrogen and oxygen atoms in total. The maximum Gasteiger partial charge on any atom is 0.416 e. The molecule has 1 aliphatic heterocycles. The second-order valence-corrected chi connectivity index (χ2v) is 10.3. The molecule has 0 bridgehead atoms. The smallest absolute Gasteiger partial charge is 0.341 e. The minimum Gasteiger partial charge on any atom is -0.341 e. The van der Waals surface area contributed by atoms with Crippen LogP contribution in [0.5, 0.6) is 0 Å². The van der Waals surface area contributed by atoms with Crippen molar-refractivity contribution in [1.82, 2.24) is 29.0 Å². The first-order valence-corrected chi connectivity index (χ1v) is 13.1. The summed E-state index contributed by atoms with van der Waals surface area (Å²) >= 11 is 6.07. The number of piperidine rings is 1. The van der Waals surface area contributed by atoms with E-state index in [-0.39, 0.29) is 18.2 Å². The van der Waals surface area contributed by atoms with Crippen LogP contribution in [-0.2, 0) is 19.8 Å². The van der Waals surface area contributed by atoms with Gasteiger partial charge in [0.25, 0.3) is 5.91 Å². The molecule has 41 heavy (non-hydrogen) atoms. The molecule has 1 fully saturated rings. The van der Waals surface area contributed by atoms with Crippen LogP contribution < -0.4 is 16.0 Å². The summed E-state index contributed by atoms with van der Waals surface area (Å²) in [4.78, 5) is 54.7. The van der Waals surface area contributed by atoms with E-state index in [0.29, 0.717) is 53.6 Å². The molecule has 14 heteroatoms. The number of fused-ring (bicyclic) bond motifs is 1. The second kappa shape index (κ2) is 11.0. The molecule has 0 radical (unpaired) electrons. The lowest BCUT2D eigenvalue weighted by Crippen LogP contribution is -2.45. The number of pyridine rings is 1. The Hall–Kier alpha value is -4.26. The van der Waals surface area contributed by atoms with Crippen molar-refractivity contribution in [3.63, 3.8) is 0 Å². The Labute approximate surface area is 236 Å². The third-order valence-corrected chi connectivity index (χ3v) is 7.35. The fourth-order valence-corrected chi connectivity index (χ4v) is 5.08. The molecule has 4 heterocycles. The van der Waals surface area contributed by atoms with Crippen LogP contribution in [-0.4, -0.2) is 55.0 Å². The number of carbonyl (C=O) groups excluding carboxylic acids is 1. The second-order valence-electron chi connectivity index (χ2n) is 9.88. The quantitative estimate of drug-likeness (QED) is 0.328. The first-order chi connectivity index (χ1) is 19.4. The Morgan fingerprint density at radius 1 is 1.02 bits per heavy atom. The largest absolute Gasteiger partial charge is 0.416 e. The van der Waals surface area contributed by atoms with Gasteiger partial charge >= 0.3 is 17.3 Å². The summed E-state index contributed by atoms with van der Waals surface area (Å²) in [6.45, 7) is 1.23. The van der Waals surface area contributed by atoms with Crippen molar-refractivity contribution in [3.05, 3.63) is 91.3 Å². The number of halogens is 4. The Morgan fingerprint density at radius 2 is 1.66 bits per heavy atom. The van der Waals surface area contributed by atoms with Crippen molar-refractivity contribution in [3.8, 4) is 0 Å². The van der Waals surface area contributed by atoms with Crippen molar-refractivity contribution in [2.45, 2.75) is 31.6 Å². The van der Waals surface area contributed by atoms with Gasteiger partial charge in [-0.3, -0.25) is 19.0 Å². The zero-order valence-electron chi connectivity index (χ0n) is 22.1. The van der Waals surface area contributed by atoms with Crippen LogP contribution in [0, 0.1) is 0 Å². The average Bonchev–Trinajstić information content (AvgIpc) is 2.96.